The Labute approximate surface area is 126 Å². The van der Waals surface area contributed by atoms with Gasteiger partial charge in [-0.05, 0) is 61.2 Å². The molecule has 0 aromatic heterocycles. The highest BCUT2D eigenvalue weighted by molar-refractivity contribution is 5.49. The molecule has 0 amide bonds. The summed E-state index contributed by atoms with van der Waals surface area (Å²) in [6.07, 6.45) is 0. The molecule has 0 spiro atoms. The van der Waals surface area contributed by atoms with Crippen molar-refractivity contribution in [1.29, 1.82) is 0 Å². The standard InChI is InChI=1S/C18H22O3/c1-11(2)16-10-15(6-7-17(16)20-5)21-18-12(3)8-14(19)9-13(18)4/h6-11,19H,1-5H3. The Morgan fingerprint density at radius 2 is 1.62 bits per heavy atom. The van der Waals surface area contributed by atoms with Gasteiger partial charge in [-0.3, -0.25) is 0 Å². The summed E-state index contributed by atoms with van der Waals surface area (Å²) in [6.45, 7) is 8.10. The van der Waals surface area contributed by atoms with Crippen molar-refractivity contribution in [3.63, 3.8) is 0 Å². The monoisotopic (exact) mass is 286 g/mol. The molecule has 1 N–H and O–H groups in total. The van der Waals surface area contributed by atoms with Crippen molar-refractivity contribution in [3.8, 4) is 23.0 Å². The van der Waals surface area contributed by atoms with Crippen LogP contribution >= 0.6 is 0 Å². The molecule has 0 unspecified atom stereocenters. The topological polar surface area (TPSA) is 38.7 Å². The van der Waals surface area contributed by atoms with Crippen LogP contribution in [0.4, 0.5) is 0 Å². The van der Waals surface area contributed by atoms with Crippen molar-refractivity contribution in [2.75, 3.05) is 7.11 Å². The highest BCUT2D eigenvalue weighted by atomic mass is 16.5. The van der Waals surface area contributed by atoms with Crippen molar-refractivity contribution >= 4 is 0 Å². The maximum Gasteiger partial charge on any atom is 0.133 e. The molecule has 2 rings (SSSR count). The molecule has 3 nitrogen and oxygen atoms in total. The summed E-state index contributed by atoms with van der Waals surface area (Å²) in [5, 5.41) is 9.60. The van der Waals surface area contributed by atoms with Crippen LogP contribution in [0.3, 0.4) is 0 Å². The van der Waals surface area contributed by atoms with Crippen molar-refractivity contribution in [2.24, 2.45) is 0 Å². The van der Waals surface area contributed by atoms with E-state index in [0.29, 0.717) is 5.92 Å². The minimum Gasteiger partial charge on any atom is -0.508 e. The molecule has 0 aliphatic rings. The zero-order valence-electron chi connectivity index (χ0n) is 13.2. The van der Waals surface area contributed by atoms with Crippen LogP contribution < -0.4 is 9.47 Å². The molecule has 0 atom stereocenters. The first-order valence-corrected chi connectivity index (χ1v) is 7.08. The number of ether oxygens (including phenoxy) is 2. The fourth-order valence-electron chi connectivity index (χ4n) is 2.43. The molecule has 0 saturated heterocycles. The van der Waals surface area contributed by atoms with Gasteiger partial charge < -0.3 is 14.6 Å². The van der Waals surface area contributed by atoms with Crippen LogP contribution in [0.25, 0.3) is 0 Å². The first-order valence-electron chi connectivity index (χ1n) is 7.08. The molecule has 0 heterocycles. The van der Waals surface area contributed by atoms with Gasteiger partial charge in [-0.25, -0.2) is 0 Å². The molecule has 112 valence electrons. The van der Waals surface area contributed by atoms with E-state index in [1.807, 2.05) is 32.0 Å². The number of benzene rings is 2. The van der Waals surface area contributed by atoms with Crippen LogP contribution in [0.5, 0.6) is 23.0 Å². The van der Waals surface area contributed by atoms with E-state index in [0.717, 1.165) is 33.9 Å². The summed E-state index contributed by atoms with van der Waals surface area (Å²) in [7, 11) is 1.68. The van der Waals surface area contributed by atoms with Crippen LogP contribution in [0.2, 0.25) is 0 Å². The van der Waals surface area contributed by atoms with Gasteiger partial charge in [0.1, 0.15) is 23.0 Å². The third-order valence-electron chi connectivity index (χ3n) is 3.49. The summed E-state index contributed by atoms with van der Waals surface area (Å²) in [6, 6.07) is 9.24. The lowest BCUT2D eigenvalue weighted by atomic mass is 10.0. The maximum absolute atomic E-state index is 9.60. The molecule has 0 saturated carbocycles. The van der Waals surface area contributed by atoms with Gasteiger partial charge in [0.25, 0.3) is 0 Å². The van der Waals surface area contributed by atoms with E-state index in [9.17, 15) is 5.11 Å². The van der Waals surface area contributed by atoms with Gasteiger partial charge in [-0.15, -0.1) is 0 Å². The summed E-state index contributed by atoms with van der Waals surface area (Å²) in [4.78, 5) is 0. The van der Waals surface area contributed by atoms with Crippen LogP contribution in [-0.2, 0) is 0 Å². The number of aromatic hydroxyl groups is 1. The zero-order valence-corrected chi connectivity index (χ0v) is 13.2. The lowest BCUT2D eigenvalue weighted by Gasteiger charge is -2.16. The molecular formula is C18H22O3. The number of methoxy groups -OCH3 is 1. The van der Waals surface area contributed by atoms with E-state index in [-0.39, 0.29) is 5.75 Å². The number of phenols is 1. The lowest BCUT2D eigenvalue weighted by molar-refractivity contribution is 0.405. The Morgan fingerprint density at radius 1 is 1.00 bits per heavy atom. The highest BCUT2D eigenvalue weighted by Crippen LogP contribution is 2.35. The Balaban J connectivity index is 2.39. The second kappa shape index (κ2) is 6.08. The summed E-state index contributed by atoms with van der Waals surface area (Å²) < 4.78 is 11.4. The summed E-state index contributed by atoms with van der Waals surface area (Å²) >= 11 is 0. The number of hydrogen-bond acceptors (Lipinski definition) is 3. The molecule has 0 aliphatic carbocycles. The van der Waals surface area contributed by atoms with Gasteiger partial charge in [0.2, 0.25) is 0 Å². The third kappa shape index (κ3) is 3.30. The van der Waals surface area contributed by atoms with Crippen LogP contribution in [0, 0.1) is 13.8 Å². The quantitative estimate of drug-likeness (QED) is 0.865. The van der Waals surface area contributed by atoms with E-state index in [2.05, 4.69) is 13.8 Å². The van der Waals surface area contributed by atoms with Crippen molar-refractivity contribution < 1.29 is 14.6 Å². The number of hydrogen-bond donors (Lipinski definition) is 1. The normalized spacial score (nSPS) is 10.8. The van der Waals surface area contributed by atoms with E-state index in [1.165, 1.54) is 0 Å². The van der Waals surface area contributed by atoms with Crippen LogP contribution in [-0.4, -0.2) is 12.2 Å². The van der Waals surface area contributed by atoms with Crippen LogP contribution in [0.15, 0.2) is 30.3 Å². The van der Waals surface area contributed by atoms with Gasteiger partial charge in [0, 0.05) is 5.56 Å². The number of rotatable bonds is 4. The van der Waals surface area contributed by atoms with E-state index >= 15 is 0 Å². The van der Waals surface area contributed by atoms with Gasteiger partial charge in [0.05, 0.1) is 7.11 Å². The highest BCUT2D eigenvalue weighted by Gasteiger charge is 2.12. The SMILES string of the molecule is COc1ccc(Oc2c(C)cc(O)cc2C)cc1C(C)C. The number of phenolic OH excluding ortho intramolecular Hbond substituents is 1. The Hall–Kier alpha value is -2.16. The lowest BCUT2D eigenvalue weighted by Crippen LogP contribution is -1.96. The minimum absolute atomic E-state index is 0.259. The van der Waals surface area contributed by atoms with Crippen molar-refractivity contribution in [2.45, 2.75) is 33.6 Å². The molecule has 21 heavy (non-hydrogen) atoms. The smallest absolute Gasteiger partial charge is 0.133 e. The van der Waals surface area contributed by atoms with Gasteiger partial charge in [0.15, 0.2) is 0 Å². The van der Waals surface area contributed by atoms with E-state index in [4.69, 9.17) is 9.47 Å². The number of aryl methyl sites for hydroxylation is 2. The molecule has 3 heteroatoms. The zero-order chi connectivity index (χ0) is 15.6. The van der Waals surface area contributed by atoms with E-state index < -0.39 is 0 Å². The first kappa shape index (κ1) is 15.2. The second-order valence-corrected chi connectivity index (χ2v) is 5.57. The largest absolute Gasteiger partial charge is 0.508 e. The summed E-state index contributed by atoms with van der Waals surface area (Å²) in [5.41, 5.74) is 2.94. The fraction of sp³-hybridized carbons (Fsp3) is 0.333. The van der Waals surface area contributed by atoms with Gasteiger partial charge >= 0.3 is 0 Å². The van der Waals surface area contributed by atoms with E-state index in [1.54, 1.807) is 19.2 Å². The molecule has 0 radical (unpaired) electrons. The van der Waals surface area contributed by atoms with Crippen molar-refractivity contribution in [1.82, 2.24) is 0 Å². The molecular weight excluding hydrogens is 264 g/mol. The molecule has 2 aromatic carbocycles. The Morgan fingerprint density at radius 3 is 2.14 bits per heavy atom. The Bertz CT molecular complexity index is 622. The predicted octanol–water partition coefficient (Wildman–Crippen LogP) is 4.93. The maximum atomic E-state index is 9.60. The van der Waals surface area contributed by atoms with Gasteiger partial charge in [-0.1, -0.05) is 13.8 Å². The summed E-state index contributed by atoms with van der Waals surface area (Å²) in [5.74, 6) is 3.04. The Kier molecular flexibility index (Phi) is 4.41. The molecule has 2 aromatic rings. The molecule has 0 aliphatic heterocycles. The second-order valence-electron chi connectivity index (χ2n) is 5.57. The average molecular weight is 286 g/mol. The van der Waals surface area contributed by atoms with Crippen LogP contribution in [0.1, 0.15) is 36.5 Å². The first-order chi connectivity index (χ1) is 9.92. The third-order valence-corrected chi connectivity index (χ3v) is 3.49. The molecule has 0 fully saturated rings. The predicted molar refractivity (Wildman–Crippen MR) is 84.7 cm³/mol. The average Bonchev–Trinajstić information content (AvgIpc) is 2.42. The molecule has 0 bridgehead atoms. The fourth-order valence-corrected chi connectivity index (χ4v) is 2.43. The van der Waals surface area contributed by atoms with Crippen molar-refractivity contribution in [3.05, 3.63) is 47.0 Å². The minimum atomic E-state index is 0.259. The van der Waals surface area contributed by atoms with Gasteiger partial charge in [-0.2, -0.15) is 0 Å².